The van der Waals surface area contributed by atoms with Gasteiger partial charge in [0.15, 0.2) is 24.1 Å². The van der Waals surface area contributed by atoms with Gasteiger partial charge in [-0.2, -0.15) is 4.68 Å². The Morgan fingerprint density at radius 2 is 1.35 bits per heavy atom. The number of hydrogen-bond donors (Lipinski definition) is 1. The fourth-order valence-electron chi connectivity index (χ4n) is 5.02. The van der Waals surface area contributed by atoms with Crippen LogP contribution < -0.4 is 10.3 Å². The molecule has 1 aliphatic rings. The zero-order valence-corrected chi connectivity index (χ0v) is 24.5. The second-order valence-electron chi connectivity index (χ2n) is 10.1. The van der Waals surface area contributed by atoms with Gasteiger partial charge in [-0.1, -0.05) is 54.6 Å². The van der Waals surface area contributed by atoms with Gasteiger partial charge in [0.05, 0.1) is 29.6 Å². The lowest BCUT2D eigenvalue weighted by Crippen LogP contribution is -2.41. The van der Waals surface area contributed by atoms with Gasteiger partial charge in [0.1, 0.15) is 18.1 Å². The maximum atomic E-state index is 13.4. The number of benzene rings is 3. The van der Waals surface area contributed by atoms with Crippen molar-refractivity contribution < 1.29 is 38.1 Å². The van der Waals surface area contributed by atoms with E-state index in [0.717, 1.165) is 0 Å². The standard InChI is InChI=1S/C33H28N4O9/c1-2-42-29-24-27(34-19-35-28(24)38)36-37(29)30-26(46-33(41)22-16-10-5-11-17-22)25(45-32(40)21-14-8-4-9-15-21)23(44-30)18-43-31(39)20-12-6-3-7-13-20/h3-17,19,23,25-26,30H,2,18H2,1H3,(H,34,35,36,38)/t23-,25-,26-,30-/m1/s1. The average molecular weight is 625 g/mol. The number of carbonyl (C=O) groups is 3. The SMILES string of the molecule is CCOc1c2c(=O)[nH]cnc2nn1[C@@H]1O[C@H](COC(=O)c2ccccc2)[C@@H](OC(=O)c2ccccc2)[C@H]1OC(=O)c1ccccc1. The maximum absolute atomic E-state index is 13.4. The first-order valence-corrected chi connectivity index (χ1v) is 14.4. The first-order valence-electron chi connectivity index (χ1n) is 14.4. The van der Waals surface area contributed by atoms with Gasteiger partial charge in [-0.3, -0.25) is 4.79 Å². The number of aromatic amines is 1. The molecule has 1 fully saturated rings. The summed E-state index contributed by atoms with van der Waals surface area (Å²) in [7, 11) is 0. The molecule has 6 rings (SSSR count). The Balaban J connectivity index is 1.42. The second-order valence-corrected chi connectivity index (χ2v) is 10.1. The normalized spacial score (nSPS) is 19.0. The van der Waals surface area contributed by atoms with Crippen molar-refractivity contribution in [3.8, 4) is 5.88 Å². The molecule has 1 aliphatic heterocycles. The van der Waals surface area contributed by atoms with E-state index in [1.807, 2.05) is 0 Å². The number of nitrogens with zero attached hydrogens (tertiary/aromatic N) is 3. The summed E-state index contributed by atoms with van der Waals surface area (Å²) in [6.45, 7) is 1.47. The third kappa shape index (κ3) is 6.21. The molecule has 0 radical (unpaired) electrons. The minimum Gasteiger partial charge on any atom is -0.477 e. The van der Waals surface area contributed by atoms with Gasteiger partial charge in [0.25, 0.3) is 5.56 Å². The highest BCUT2D eigenvalue weighted by atomic mass is 16.7. The molecular formula is C33H28N4O9. The summed E-state index contributed by atoms with van der Waals surface area (Å²) in [5.74, 6) is -2.13. The molecule has 0 amide bonds. The highest BCUT2D eigenvalue weighted by Gasteiger charge is 2.52. The number of fused-ring (bicyclic) bond motifs is 1. The number of carbonyl (C=O) groups excluding carboxylic acids is 3. The van der Waals surface area contributed by atoms with Crippen molar-refractivity contribution in [1.82, 2.24) is 19.7 Å². The molecular weight excluding hydrogens is 596 g/mol. The van der Waals surface area contributed by atoms with Gasteiger partial charge in [0.2, 0.25) is 5.88 Å². The molecule has 13 heteroatoms. The van der Waals surface area contributed by atoms with Crippen LogP contribution in [0.25, 0.3) is 11.0 Å². The average Bonchev–Trinajstić information content (AvgIpc) is 3.63. The van der Waals surface area contributed by atoms with E-state index in [1.54, 1.807) is 97.9 Å². The van der Waals surface area contributed by atoms with Crippen LogP contribution in [-0.2, 0) is 18.9 Å². The summed E-state index contributed by atoms with van der Waals surface area (Å²) >= 11 is 0. The molecule has 3 heterocycles. The zero-order chi connectivity index (χ0) is 32.0. The summed E-state index contributed by atoms with van der Waals surface area (Å²) in [4.78, 5) is 59.2. The fourth-order valence-corrected chi connectivity index (χ4v) is 5.02. The van der Waals surface area contributed by atoms with E-state index in [4.69, 9.17) is 23.7 Å². The van der Waals surface area contributed by atoms with Crippen molar-refractivity contribution in [2.75, 3.05) is 13.2 Å². The molecule has 13 nitrogen and oxygen atoms in total. The number of H-pyrrole nitrogens is 1. The zero-order valence-electron chi connectivity index (χ0n) is 24.5. The van der Waals surface area contributed by atoms with Crippen LogP contribution in [0, 0.1) is 0 Å². The third-order valence-electron chi connectivity index (χ3n) is 7.16. The Morgan fingerprint density at radius 3 is 1.91 bits per heavy atom. The first-order chi connectivity index (χ1) is 22.4. The Labute approximate surface area is 261 Å². The van der Waals surface area contributed by atoms with Crippen molar-refractivity contribution in [2.45, 2.75) is 31.5 Å². The van der Waals surface area contributed by atoms with Crippen molar-refractivity contribution in [2.24, 2.45) is 0 Å². The quantitative estimate of drug-likeness (QED) is 0.178. The lowest BCUT2D eigenvalue weighted by molar-refractivity contribution is -0.0697. The van der Waals surface area contributed by atoms with Crippen LogP contribution in [0.1, 0.15) is 44.2 Å². The highest BCUT2D eigenvalue weighted by molar-refractivity contribution is 5.91. The monoisotopic (exact) mass is 624 g/mol. The number of esters is 3. The molecule has 46 heavy (non-hydrogen) atoms. The van der Waals surface area contributed by atoms with Crippen molar-refractivity contribution in [3.05, 3.63) is 124 Å². The number of rotatable bonds is 10. The molecule has 0 spiro atoms. The Kier molecular flexibility index (Phi) is 8.83. The van der Waals surface area contributed by atoms with Crippen LogP contribution in [0.2, 0.25) is 0 Å². The van der Waals surface area contributed by atoms with E-state index in [9.17, 15) is 19.2 Å². The summed E-state index contributed by atoms with van der Waals surface area (Å²) in [5.41, 5.74) is 0.276. The molecule has 0 saturated carbocycles. The lowest BCUT2D eigenvalue weighted by atomic mass is 10.1. The van der Waals surface area contributed by atoms with E-state index >= 15 is 0 Å². The van der Waals surface area contributed by atoms with Crippen LogP contribution in [0.15, 0.2) is 102 Å². The molecule has 0 bridgehead atoms. The number of aromatic nitrogens is 4. The van der Waals surface area contributed by atoms with Gasteiger partial charge in [-0.15, -0.1) is 5.10 Å². The Morgan fingerprint density at radius 1 is 0.804 bits per heavy atom. The van der Waals surface area contributed by atoms with E-state index in [1.165, 1.54) is 11.0 Å². The van der Waals surface area contributed by atoms with Gasteiger partial charge < -0.3 is 28.7 Å². The molecule has 1 saturated heterocycles. The minimum atomic E-state index is -1.35. The van der Waals surface area contributed by atoms with Crippen molar-refractivity contribution >= 4 is 28.9 Å². The molecule has 5 aromatic rings. The molecule has 0 unspecified atom stereocenters. The summed E-state index contributed by atoms with van der Waals surface area (Å²) in [5, 5.41) is 4.49. The first kappa shape index (κ1) is 30.2. The smallest absolute Gasteiger partial charge is 0.338 e. The largest absolute Gasteiger partial charge is 0.477 e. The van der Waals surface area contributed by atoms with Crippen LogP contribution in [0.5, 0.6) is 5.88 Å². The van der Waals surface area contributed by atoms with Gasteiger partial charge in [0, 0.05) is 0 Å². The predicted molar refractivity (Wildman–Crippen MR) is 161 cm³/mol. The highest BCUT2D eigenvalue weighted by Crippen LogP contribution is 2.38. The van der Waals surface area contributed by atoms with Gasteiger partial charge >= 0.3 is 17.9 Å². The predicted octanol–water partition coefficient (Wildman–Crippen LogP) is 3.72. The van der Waals surface area contributed by atoms with Gasteiger partial charge in [-0.25, -0.2) is 19.4 Å². The van der Waals surface area contributed by atoms with Crippen LogP contribution in [0.4, 0.5) is 0 Å². The second kappa shape index (κ2) is 13.4. The third-order valence-corrected chi connectivity index (χ3v) is 7.16. The molecule has 1 N–H and O–H groups in total. The molecule has 4 atom stereocenters. The Hall–Kier alpha value is -5.82. The molecule has 0 aliphatic carbocycles. The minimum absolute atomic E-state index is 0.00678. The van der Waals surface area contributed by atoms with E-state index < -0.39 is 48.0 Å². The summed E-state index contributed by atoms with van der Waals surface area (Å²) in [6.07, 6.45) is -3.92. The fraction of sp³-hybridized carbons (Fsp3) is 0.212. The van der Waals surface area contributed by atoms with Crippen LogP contribution >= 0.6 is 0 Å². The van der Waals surface area contributed by atoms with E-state index in [-0.39, 0.29) is 41.3 Å². The summed E-state index contributed by atoms with van der Waals surface area (Å²) < 4.78 is 30.9. The van der Waals surface area contributed by atoms with Crippen LogP contribution in [-0.4, -0.2) is 69.2 Å². The Bertz CT molecular complexity index is 1890. The molecule has 3 aromatic carbocycles. The van der Waals surface area contributed by atoms with E-state index in [0.29, 0.717) is 5.56 Å². The lowest BCUT2D eigenvalue weighted by Gasteiger charge is -2.25. The molecule has 2 aromatic heterocycles. The summed E-state index contributed by atoms with van der Waals surface area (Å²) in [6, 6.07) is 24.8. The van der Waals surface area contributed by atoms with Crippen LogP contribution in [0.3, 0.4) is 0 Å². The maximum Gasteiger partial charge on any atom is 0.338 e. The number of hydrogen-bond acceptors (Lipinski definition) is 11. The van der Waals surface area contributed by atoms with Crippen molar-refractivity contribution in [1.29, 1.82) is 0 Å². The van der Waals surface area contributed by atoms with Crippen molar-refractivity contribution in [3.63, 3.8) is 0 Å². The topological polar surface area (TPSA) is 161 Å². The molecule has 234 valence electrons. The number of nitrogens with one attached hydrogen (secondary N) is 1. The van der Waals surface area contributed by atoms with E-state index in [2.05, 4.69) is 15.1 Å². The van der Waals surface area contributed by atoms with Gasteiger partial charge in [-0.05, 0) is 43.3 Å². The number of ether oxygens (including phenoxy) is 5.